The third kappa shape index (κ3) is 5.29. The van der Waals surface area contributed by atoms with Gasteiger partial charge in [-0.1, -0.05) is 26.0 Å². The van der Waals surface area contributed by atoms with Crippen LogP contribution >= 0.6 is 0 Å². The Morgan fingerprint density at radius 1 is 1.00 bits per heavy atom. The van der Waals surface area contributed by atoms with E-state index in [0.29, 0.717) is 19.5 Å². The molecule has 0 atom stereocenters. The van der Waals surface area contributed by atoms with E-state index >= 15 is 0 Å². The van der Waals surface area contributed by atoms with Gasteiger partial charge in [0, 0.05) is 37.1 Å². The molecule has 5 nitrogen and oxygen atoms in total. The van der Waals surface area contributed by atoms with E-state index in [9.17, 15) is 9.59 Å². The van der Waals surface area contributed by atoms with Gasteiger partial charge in [-0.25, -0.2) is 0 Å². The molecule has 23 heavy (non-hydrogen) atoms. The Labute approximate surface area is 136 Å². The zero-order valence-corrected chi connectivity index (χ0v) is 13.6. The van der Waals surface area contributed by atoms with Crippen molar-refractivity contribution in [3.05, 3.63) is 54.4 Å². The van der Waals surface area contributed by atoms with Gasteiger partial charge in [0.25, 0.3) is 0 Å². The second-order valence-corrected chi connectivity index (χ2v) is 5.73. The molecule has 2 aromatic rings. The van der Waals surface area contributed by atoms with E-state index in [1.807, 2.05) is 67.2 Å². The number of hydrogen-bond donors (Lipinski definition) is 2. The number of benzene rings is 1. The molecule has 2 N–H and O–H groups in total. The van der Waals surface area contributed by atoms with Crippen molar-refractivity contribution in [2.75, 3.05) is 13.1 Å². The highest BCUT2D eigenvalue weighted by atomic mass is 16.2. The van der Waals surface area contributed by atoms with Crippen molar-refractivity contribution in [1.29, 1.82) is 0 Å². The maximum absolute atomic E-state index is 11.9. The van der Waals surface area contributed by atoms with Crippen LogP contribution in [0.3, 0.4) is 0 Å². The molecule has 5 heteroatoms. The van der Waals surface area contributed by atoms with Crippen LogP contribution in [0.1, 0.15) is 19.4 Å². The minimum absolute atomic E-state index is 0.000139. The summed E-state index contributed by atoms with van der Waals surface area (Å²) in [5, 5.41) is 5.58. The molecule has 0 unspecified atom stereocenters. The molecular formula is C18H23N3O2. The van der Waals surface area contributed by atoms with E-state index in [1.165, 1.54) is 0 Å². The van der Waals surface area contributed by atoms with Gasteiger partial charge in [-0.15, -0.1) is 0 Å². The van der Waals surface area contributed by atoms with Gasteiger partial charge in [-0.05, 0) is 29.8 Å². The van der Waals surface area contributed by atoms with Crippen molar-refractivity contribution in [2.24, 2.45) is 5.92 Å². The Hall–Kier alpha value is -2.56. The van der Waals surface area contributed by atoms with E-state index in [2.05, 4.69) is 10.6 Å². The zero-order chi connectivity index (χ0) is 16.7. The van der Waals surface area contributed by atoms with Gasteiger partial charge in [-0.3, -0.25) is 9.59 Å². The maximum atomic E-state index is 11.9. The molecule has 2 rings (SSSR count). The molecule has 0 radical (unpaired) electrons. The molecule has 0 aliphatic heterocycles. The number of carbonyl (C=O) groups excluding carboxylic acids is 2. The van der Waals surface area contributed by atoms with E-state index in [1.54, 1.807) is 0 Å². The van der Waals surface area contributed by atoms with Crippen LogP contribution in [-0.4, -0.2) is 29.5 Å². The summed E-state index contributed by atoms with van der Waals surface area (Å²) in [5.74, 6) is -0.0816. The summed E-state index contributed by atoms with van der Waals surface area (Å²) in [5.41, 5.74) is 2.03. The summed E-state index contributed by atoms with van der Waals surface area (Å²) in [4.78, 5) is 23.3. The topological polar surface area (TPSA) is 63.1 Å². The van der Waals surface area contributed by atoms with Crippen LogP contribution < -0.4 is 10.6 Å². The van der Waals surface area contributed by atoms with Crippen molar-refractivity contribution in [1.82, 2.24) is 15.2 Å². The average Bonchev–Trinajstić information content (AvgIpc) is 3.06. The van der Waals surface area contributed by atoms with Crippen LogP contribution in [0.2, 0.25) is 0 Å². The second kappa shape index (κ2) is 8.17. The average molecular weight is 313 g/mol. The van der Waals surface area contributed by atoms with Crippen molar-refractivity contribution >= 4 is 11.8 Å². The van der Waals surface area contributed by atoms with Gasteiger partial charge >= 0.3 is 0 Å². The normalized spacial score (nSPS) is 10.6. The molecule has 0 aliphatic carbocycles. The van der Waals surface area contributed by atoms with Gasteiger partial charge in [-0.2, -0.15) is 0 Å². The summed E-state index contributed by atoms with van der Waals surface area (Å²) in [6.07, 6.45) is 4.30. The summed E-state index contributed by atoms with van der Waals surface area (Å²) < 4.78 is 2.02. The molecule has 1 aromatic heterocycles. The first kappa shape index (κ1) is 16.8. The summed E-state index contributed by atoms with van der Waals surface area (Å²) in [6.45, 7) is 4.57. The fraction of sp³-hybridized carbons (Fsp3) is 0.333. The highest BCUT2D eigenvalue weighted by molar-refractivity contribution is 5.79. The fourth-order valence-electron chi connectivity index (χ4n) is 2.13. The lowest BCUT2D eigenvalue weighted by molar-refractivity contribution is -0.124. The molecular weight excluding hydrogens is 290 g/mol. The number of rotatable bonds is 7. The van der Waals surface area contributed by atoms with Crippen LogP contribution in [0.4, 0.5) is 0 Å². The number of nitrogens with one attached hydrogen (secondary N) is 2. The number of amides is 2. The minimum atomic E-state index is -0.0440. The quantitative estimate of drug-likeness (QED) is 0.767. The highest BCUT2D eigenvalue weighted by Crippen LogP contribution is 2.10. The molecule has 2 amide bonds. The van der Waals surface area contributed by atoms with E-state index < -0.39 is 0 Å². The summed E-state index contributed by atoms with van der Waals surface area (Å²) in [7, 11) is 0. The van der Waals surface area contributed by atoms with Crippen molar-refractivity contribution in [2.45, 2.75) is 20.3 Å². The van der Waals surface area contributed by atoms with E-state index in [0.717, 1.165) is 11.3 Å². The fourth-order valence-corrected chi connectivity index (χ4v) is 2.13. The SMILES string of the molecule is CC(C)C(=O)NCCNC(=O)Cc1ccc(-n2cccc2)cc1. The molecule has 0 saturated heterocycles. The molecule has 1 heterocycles. The Morgan fingerprint density at radius 3 is 2.22 bits per heavy atom. The first-order valence-electron chi connectivity index (χ1n) is 7.83. The van der Waals surface area contributed by atoms with Crippen LogP contribution in [0.5, 0.6) is 0 Å². The third-order valence-electron chi connectivity index (χ3n) is 3.47. The Morgan fingerprint density at radius 2 is 1.61 bits per heavy atom. The number of nitrogens with zero attached hydrogens (tertiary/aromatic N) is 1. The van der Waals surface area contributed by atoms with Crippen LogP contribution in [0.25, 0.3) is 5.69 Å². The summed E-state index contributed by atoms with van der Waals surface area (Å²) >= 11 is 0. The second-order valence-electron chi connectivity index (χ2n) is 5.73. The van der Waals surface area contributed by atoms with Gasteiger partial charge in [0.1, 0.15) is 0 Å². The number of carbonyl (C=O) groups is 2. The van der Waals surface area contributed by atoms with E-state index in [4.69, 9.17) is 0 Å². The predicted molar refractivity (Wildman–Crippen MR) is 90.3 cm³/mol. The third-order valence-corrected chi connectivity index (χ3v) is 3.47. The van der Waals surface area contributed by atoms with Crippen LogP contribution in [0, 0.1) is 5.92 Å². The summed E-state index contributed by atoms with van der Waals surface area (Å²) in [6, 6.07) is 11.8. The van der Waals surface area contributed by atoms with Gasteiger partial charge in [0.15, 0.2) is 0 Å². The predicted octanol–water partition coefficient (Wildman–Crippen LogP) is 1.91. The lowest BCUT2D eigenvalue weighted by atomic mass is 10.1. The molecule has 0 bridgehead atoms. The Kier molecular flexibility index (Phi) is 5.97. The lowest BCUT2D eigenvalue weighted by Crippen LogP contribution is -2.36. The van der Waals surface area contributed by atoms with Gasteiger partial charge in [0.2, 0.25) is 11.8 Å². The van der Waals surface area contributed by atoms with Gasteiger partial charge < -0.3 is 15.2 Å². The maximum Gasteiger partial charge on any atom is 0.224 e. The van der Waals surface area contributed by atoms with Crippen molar-refractivity contribution in [3.8, 4) is 5.69 Å². The van der Waals surface area contributed by atoms with Crippen molar-refractivity contribution in [3.63, 3.8) is 0 Å². The van der Waals surface area contributed by atoms with E-state index in [-0.39, 0.29) is 17.7 Å². The van der Waals surface area contributed by atoms with Crippen LogP contribution in [0.15, 0.2) is 48.8 Å². The molecule has 0 aliphatic rings. The number of aromatic nitrogens is 1. The monoisotopic (exact) mass is 313 g/mol. The van der Waals surface area contributed by atoms with Gasteiger partial charge in [0.05, 0.1) is 6.42 Å². The molecule has 1 aromatic carbocycles. The first-order valence-corrected chi connectivity index (χ1v) is 7.83. The van der Waals surface area contributed by atoms with Crippen LogP contribution in [-0.2, 0) is 16.0 Å². The Bertz CT molecular complexity index is 631. The highest BCUT2D eigenvalue weighted by Gasteiger charge is 2.06. The molecule has 0 fully saturated rings. The Balaban J connectivity index is 1.74. The molecule has 122 valence electrons. The molecule has 0 spiro atoms. The standard InChI is InChI=1S/C18H23N3O2/c1-14(2)18(23)20-10-9-19-17(22)13-15-5-7-16(8-6-15)21-11-3-4-12-21/h3-8,11-12,14H,9-10,13H2,1-2H3,(H,19,22)(H,20,23). The smallest absolute Gasteiger partial charge is 0.224 e. The lowest BCUT2D eigenvalue weighted by Gasteiger charge is -2.09. The zero-order valence-electron chi connectivity index (χ0n) is 13.6. The minimum Gasteiger partial charge on any atom is -0.354 e. The largest absolute Gasteiger partial charge is 0.354 e. The first-order chi connectivity index (χ1) is 11.1. The van der Waals surface area contributed by atoms with Crippen molar-refractivity contribution < 1.29 is 9.59 Å². The number of hydrogen-bond acceptors (Lipinski definition) is 2. The molecule has 0 saturated carbocycles.